The smallest absolute Gasteiger partial charge is 0.319 e. The fraction of sp³-hybridized carbons (Fsp3) is 0.263. The summed E-state index contributed by atoms with van der Waals surface area (Å²) in [6.45, 7) is 1.25. The number of carbonyl (C=O) groups is 2. The number of nitrogens with zero attached hydrogens (tertiary/aromatic N) is 1. The molecule has 3 amide bonds. The van der Waals surface area contributed by atoms with Crippen LogP contribution in [0, 0.1) is 0 Å². The molecule has 2 aliphatic heterocycles. The number of amides is 3. The van der Waals surface area contributed by atoms with Gasteiger partial charge in [-0.15, -0.1) is 0 Å². The molecule has 2 aromatic rings. The van der Waals surface area contributed by atoms with E-state index in [0.29, 0.717) is 36.7 Å². The standard InChI is InChI=1S/C19H19N3O4/c23-18-9-15(11-22(18)10-13-4-2-1-3-5-13)21-19(24)20-14-6-7-16-17(8-14)26-12-25-16/h1-8,15H,9-12H2,(H2,20,21,24). The number of likely N-dealkylation sites (tertiary alicyclic amines) is 1. The molecule has 0 bridgehead atoms. The van der Waals surface area contributed by atoms with Gasteiger partial charge in [0.05, 0.1) is 6.04 Å². The van der Waals surface area contributed by atoms with E-state index in [1.54, 1.807) is 23.1 Å². The van der Waals surface area contributed by atoms with Crippen molar-refractivity contribution in [2.45, 2.75) is 19.0 Å². The van der Waals surface area contributed by atoms with Crippen molar-refractivity contribution in [3.8, 4) is 11.5 Å². The third kappa shape index (κ3) is 3.56. The molecule has 1 unspecified atom stereocenters. The lowest BCUT2D eigenvalue weighted by molar-refractivity contribution is -0.128. The van der Waals surface area contributed by atoms with Crippen LogP contribution in [-0.2, 0) is 11.3 Å². The molecule has 2 N–H and O–H groups in total. The van der Waals surface area contributed by atoms with Gasteiger partial charge in [-0.3, -0.25) is 4.79 Å². The lowest BCUT2D eigenvalue weighted by atomic mass is 10.2. The molecule has 26 heavy (non-hydrogen) atoms. The Morgan fingerprint density at radius 3 is 2.77 bits per heavy atom. The van der Waals surface area contributed by atoms with Crippen molar-refractivity contribution in [2.75, 3.05) is 18.7 Å². The highest BCUT2D eigenvalue weighted by atomic mass is 16.7. The highest BCUT2D eigenvalue weighted by molar-refractivity contribution is 5.91. The van der Waals surface area contributed by atoms with Crippen LogP contribution in [0.4, 0.5) is 10.5 Å². The van der Waals surface area contributed by atoms with Crippen LogP contribution in [0.5, 0.6) is 11.5 Å². The topological polar surface area (TPSA) is 79.9 Å². The fourth-order valence-electron chi connectivity index (χ4n) is 3.15. The quantitative estimate of drug-likeness (QED) is 0.884. The number of carbonyl (C=O) groups excluding carboxylic acids is 2. The van der Waals surface area contributed by atoms with E-state index in [0.717, 1.165) is 5.56 Å². The van der Waals surface area contributed by atoms with E-state index in [2.05, 4.69) is 10.6 Å². The third-order valence-corrected chi connectivity index (χ3v) is 4.40. The number of nitrogens with one attached hydrogen (secondary N) is 2. The third-order valence-electron chi connectivity index (χ3n) is 4.40. The van der Waals surface area contributed by atoms with E-state index in [4.69, 9.17) is 9.47 Å². The molecule has 134 valence electrons. The Labute approximate surface area is 150 Å². The second kappa shape index (κ2) is 6.95. The van der Waals surface area contributed by atoms with E-state index in [-0.39, 0.29) is 24.8 Å². The highest BCUT2D eigenvalue weighted by Gasteiger charge is 2.30. The minimum absolute atomic E-state index is 0.0437. The van der Waals surface area contributed by atoms with Crippen LogP contribution in [0.25, 0.3) is 0 Å². The Morgan fingerprint density at radius 1 is 1.12 bits per heavy atom. The Balaban J connectivity index is 1.31. The van der Waals surface area contributed by atoms with Crippen LogP contribution in [0.3, 0.4) is 0 Å². The van der Waals surface area contributed by atoms with Gasteiger partial charge in [0.1, 0.15) is 0 Å². The summed E-state index contributed by atoms with van der Waals surface area (Å²) in [7, 11) is 0. The van der Waals surface area contributed by atoms with Gasteiger partial charge in [-0.2, -0.15) is 0 Å². The molecule has 2 aromatic carbocycles. The van der Waals surface area contributed by atoms with Crippen molar-refractivity contribution in [3.05, 3.63) is 54.1 Å². The van der Waals surface area contributed by atoms with Crippen LogP contribution in [-0.4, -0.2) is 36.2 Å². The summed E-state index contributed by atoms with van der Waals surface area (Å²) < 4.78 is 10.5. The average molecular weight is 353 g/mol. The number of rotatable bonds is 4. The Kier molecular flexibility index (Phi) is 4.35. The van der Waals surface area contributed by atoms with Crippen LogP contribution in [0.15, 0.2) is 48.5 Å². The lowest BCUT2D eigenvalue weighted by Gasteiger charge is -2.17. The molecule has 0 aromatic heterocycles. The monoisotopic (exact) mass is 353 g/mol. The molecule has 1 saturated heterocycles. The summed E-state index contributed by atoms with van der Waals surface area (Å²) in [5.41, 5.74) is 1.68. The number of urea groups is 1. The number of benzene rings is 2. The maximum absolute atomic E-state index is 12.2. The number of ether oxygens (including phenoxy) is 2. The zero-order valence-corrected chi connectivity index (χ0v) is 14.1. The second-order valence-corrected chi connectivity index (χ2v) is 6.33. The predicted octanol–water partition coefficient (Wildman–Crippen LogP) is 2.34. The first-order valence-electron chi connectivity index (χ1n) is 8.46. The van der Waals surface area contributed by atoms with Gasteiger partial charge in [0.25, 0.3) is 0 Å². The molecular weight excluding hydrogens is 334 g/mol. The van der Waals surface area contributed by atoms with Gasteiger partial charge >= 0.3 is 6.03 Å². The van der Waals surface area contributed by atoms with Gasteiger partial charge in [-0.25, -0.2) is 4.79 Å². The van der Waals surface area contributed by atoms with Gasteiger partial charge in [-0.1, -0.05) is 30.3 Å². The van der Waals surface area contributed by atoms with E-state index >= 15 is 0 Å². The predicted molar refractivity (Wildman–Crippen MR) is 95.0 cm³/mol. The first-order valence-corrected chi connectivity index (χ1v) is 8.46. The van der Waals surface area contributed by atoms with Gasteiger partial charge in [-0.05, 0) is 17.7 Å². The number of fused-ring (bicyclic) bond motifs is 1. The van der Waals surface area contributed by atoms with Crippen molar-refractivity contribution >= 4 is 17.6 Å². The van der Waals surface area contributed by atoms with Gasteiger partial charge in [0.2, 0.25) is 12.7 Å². The van der Waals surface area contributed by atoms with Crippen molar-refractivity contribution in [1.29, 1.82) is 0 Å². The number of anilines is 1. The Morgan fingerprint density at radius 2 is 1.92 bits per heavy atom. The van der Waals surface area contributed by atoms with Crippen LogP contribution >= 0.6 is 0 Å². The summed E-state index contributed by atoms with van der Waals surface area (Å²) >= 11 is 0. The highest BCUT2D eigenvalue weighted by Crippen LogP contribution is 2.34. The molecule has 2 heterocycles. The minimum Gasteiger partial charge on any atom is -0.454 e. The zero-order chi connectivity index (χ0) is 17.9. The van der Waals surface area contributed by atoms with Crippen LogP contribution < -0.4 is 20.1 Å². The van der Waals surface area contributed by atoms with E-state index in [1.165, 1.54) is 0 Å². The number of hydrogen-bond acceptors (Lipinski definition) is 4. The summed E-state index contributed by atoms with van der Waals surface area (Å²) in [5, 5.41) is 5.62. The first-order chi connectivity index (χ1) is 12.7. The summed E-state index contributed by atoms with van der Waals surface area (Å²) in [5.74, 6) is 1.31. The Hall–Kier alpha value is -3.22. The molecule has 7 nitrogen and oxygen atoms in total. The maximum Gasteiger partial charge on any atom is 0.319 e. The van der Waals surface area contributed by atoms with Crippen molar-refractivity contribution in [3.63, 3.8) is 0 Å². The molecule has 0 saturated carbocycles. The van der Waals surface area contributed by atoms with Crippen molar-refractivity contribution in [2.24, 2.45) is 0 Å². The Bertz CT molecular complexity index is 825. The molecule has 1 atom stereocenters. The van der Waals surface area contributed by atoms with Crippen LogP contribution in [0.2, 0.25) is 0 Å². The molecule has 0 radical (unpaired) electrons. The van der Waals surface area contributed by atoms with Gasteiger partial charge < -0.3 is 25.0 Å². The molecule has 0 spiro atoms. The zero-order valence-electron chi connectivity index (χ0n) is 14.1. The van der Waals surface area contributed by atoms with Crippen LogP contribution in [0.1, 0.15) is 12.0 Å². The van der Waals surface area contributed by atoms with Crippen molar-refractivity contribution in [1.82, 2.24) is 10.2 Å². The summed E-state index contributed by atoms with van der Waals surface area (Å²) in [4.78, 5) is 26.2. The molecular formula is C19H19N3O4. The van der Waals surface area contributed by atoms with E-state index < -0.39 is 0 Å². The largest absolute Gasteiger partial charge is 0.454 e. The molecule has 1 fully saturated rings. The summed E-state index contributed by atoms with van der Waals surface area (Å²) in [6, 6.07) is 14.5. The SMILES string of the molecule is O=C(Nc1ccc2c(c1)OCO2)NC1CC(=O)N(Cc2ccccc2)C1. The van der Waals surface area contributed by atoms with E-state index in [9.17, 15) is 9.59 Å². The van der Waals surface area contributed by atoms with Crippen molar-refractivity contribution < 1.29 is 19.1 Å². The first kappa shape index (κ1) is 16.3. The van der Waals surface area contributed by atoms with Gasteiger partial charge in [0, 0.05) is 31.3 Å². The molecule has 0 aliphatic carbocycles. The molecule has 7 heteroatoms. The normalized spacial score (nSPS) is 18.1. The molecule has 4 rings (SSSR count). The summed E-state index contributed by atoms with van der Waals surface area (Å²) in [6.07, 6.45) is 0.307. The second-order valence-electron chi connectivity index (χ2n) is 6.33. The fourth-order valence-corrected chi connectivity index (χ4v) is 3.15. The minimum atomic E-state index is -0.344. The van der Waals surface area contributed by atoms with E-state index in [1.807, 2.05) is 30.3 Å². The number of hydrogen-bond donors (Lipinski definition) is 2. The maximum atomic E-state index is 12.2. The molecule has 2 aliphatic rings. The average Bonchev–Trinajstić information content (AvgIpc) is 3.22. The van der Waals surface area contributed by atoms with Gasteiger partial charge in [0.15, 0.2) is 11.5 Å². The lowest BCUT2D eigenvalue weighted by Crippen LogP contribution is -2.39.